The van der Waals surface area contributed by atoms with Crippen LogP contribution in [0.15, 0.2) is 23.1 Å². The summed E-state index contributed by atoms with van der Waals surface area (Å²) in [5.74, 6) is 0. The first-order valence-corrected chi connectivity index (χ1v) is 8.29. The number of unbranched alkanes of at least 4 members (excludes halogenated alkanes) is 1. The molecule has 19 heavy (non-hydrogen) atoms. The van der Waals surface area contributed by atoms with Gasteiger partial charge in [0.25, 0.3) is 0 Å². The van der Waals surface area contributed by atoms with Crippen LogP contribution in [0.4, 0.5) is 0 Å². The van der Waals surface area contributed by atoms with Crippen molar-refractivity contribution in [3.63, 3.8) is 0 Å². The zero-order chi connectivity index (χ0) is 14.3. The van der Waals surface area contributed by atoms with Crippen molar-refractivity contribution in [1.82, 2.24) is 10.0 Å². The summed E-state index contributed by atoms with van der Waals surface area (Å²) in [5.41, 5.74) is 2.23. The number of hydrogen-bond donors (Lipinski definition) is 2. The molecule has 0 atom stereocenters. The van der Waals surface area contributed by atoms with Gasteiger partial charge in [-0.15, -0.1) is 0 Å². The molecule has 1 rings (SSSR count). The van der Waals surface area contributed by atoms with Crippen molar-refractivity contribution in [3.8, 4) is 0 Å². The van der Waals surface area contributed by atoms with Gasteiger partial charge in [0.05, 0.1) is 4.90 Å². The molecule has 4 nitrogen and oxygen atoms in total. The zero-order valence-electron chi connectivity index (χ0n) is 12.0. The first kappa shape index (κ1) is 16.1. The third-order valence-corrected chi connectivity index (χ3v) is 4.52. The minimum Gasteiger partial charge on any atom is -0.316 e. The van der Waals surface area contributed by atoms with Crippen LogP contribution in [0, 0.1) is 0 Å². The zero-order valence-corrected chi connectivity index (χ0v) is 12.8. The highest BCUT2D eigenvalue weighted by Gasteiger charge is 2.14. The summed E-state index contributed by atoms with van der Waals surface area (Å²) in [5, 5.41) is 3.07. The fraction of sp³-hybridized carbons (Fsp3) is 0.571. The Morgan fingerprint density at radius 2 is 1.89 bits per heavy atom. The molecule has 1 aromatic carbocycles. The highest BCUT2D eigenvalue weighted by Crippen LogP contribution is 2.17. The molecule has 0 aliphatic heterocycles. The van der Waals surface area contributed by atoms with E-state index in [0.29, 0.717) is 18.0 Å². The van der Waals surface area contributed by atoms with Crippen LogP contribution in [0.25, 0.3) is 0 Å². The maximum Gasteiger partial charge on any atom is 0.240 e. The quantitative estimate of drug-likeness (QED) is 0.718. The lowest BCUT2D eigenvalue weighted by atomic mass is 10.1. The van der Waals surface area contributed by atoms with E-state index >= 15 is 0 Å². The predicted molar refractivity (Wildman–Crippen MR) is 78.7 cm³/mol. The number of aryl methyl sites for hydroxylation is 1. The van der Waals surface area contributed by atoms with Crippen LogP contribution in [-0.2, 0) is 23.0 Å². The minimum absolute atomic E-state index is 0.353. The van der Waals surface area contributed by atoms with E-state index in [1.54, 1.807) is 12.1 Å². The van der Waals surface area contributed by atoms with Crippen LogP contribution < -0.4 is 10.0 Å². The number of sulfonamides is 1. The van der Waals surface area contributed by atoms with Crippen molar-refractivity contribution in [2.75, 3.05) is 13.6 Å². The minimum atomic E-state index is -3.38. The molecule has 0 aliphatic rings. The molecule has 108 valence electrons. The highest BCUT2D eigenvalue weighted by molar-refractivity contribution is 7.89. The molecule has 5 heteroatoms. The molecule has 0 radical (unpaired) electrons. The van der Waals surface area contributed by atoms with Gasteiger partial charge in [-0.3, -0.25) is 0 Å². The highest BCUT2D eigenvalue weighted by atomic mass is 32.2. The summed E-state index contributed by atoms with van der Waals surface area (Å²) in [7, 11) is -1.51. The van der Waals surface area contributed by atoms with Gasteiger partial charge >= 0.3 is 0 Å². The fourth-order valence-electron chi connectivity index (χ4n) is 1.94. The summed E-state index contributed by atoms with van der Waals surface area (Å²) >= 11 is 0. The second kappa shape index (κ2) is 7.62. The standard InChI is InChI=1S/C14H24N2O2S/c1-4-6-9-16-19(17,18)14-8-7-12(5-2)13(10-14)11-15-3/h7-8,10,15-16H,4-6,9,11H2,1-3H3. The lowest BCUT2D eigenvalue weighted by Crippen LogP contribution is -2.25. The van der Waals surface area contributed by atoms with Gasteiger partial charge < -0.3 is 5.32 Å². The molecule has 2 N–H and O–H groups in total. The Morgan fingerprint density at radius 1 is 1.16 bits per heavy atom. The summed E-state index contributed by atoms with van der Waals surface area (Å²) < 4.78 is 26.9. The molecule has 0 aliphatic carbocycles. The molecule has 0 spiro atoms. The van der Waals surface area contributed by atoms with Gasteiger partial charge in [0.2, 0.25) is 10.0 Å². The van der Waals surface area contributed by atoms with Crippen molar-refractivity contribution in [1.29, 1.82) is 0 Å². The average Bonchev–Trinajstić information content (AvgIpc) is 2.39. The second-order valence-corrected chi connectivity index (χ2v) is 6.33. The molecular formula is C14H24N2O2S. The third kappa shape index (κ3) is 4.60. The molecule has 0 saturated carbocycles. The van der Waals surface area contributed by atoms with E-state index in [9.17, 15) is 8.42 Å². The Kier molecular flexibility index (Phi) is 6.48. The van der Waals surface area contributed by atoms with Gasteiger partial charge in [-0.05, 0) is 43.1 Å². The molecular weight excluding hydrogens is 260 g/mol. The van der Waals surface area contributed by atoms with E-state index in [4.69, 9.17) is 0 Å². The van der Waals surface area contributed by atoms with Crippen LogP contribution in [0.5, 0.6) is 0 Å². The lowest BCUT2D eigenvalue weighted by Gasteiger charge is -2.11. The maximum absolute atomic E-state index is 12.1. The molecule has 0 heterocycles. The Morgan fingerprint density at radius 3 is 2.47 bits per heavy atom. The smallest absolute Gasteiger partial charge is 0.240 e. The average molecular weight is 284 g/mol. The van der Waals surface area contributed by atoms with Crippen LogP contribution >= 0.6 is 0 Å². The van der Waals surface area contributed by atoms with Crippen molar-refractivity contribution >= 4 is 10.0 Å². The van der Waals surface area contributed by atoms with Crippen LogP contribution in [0.2, 0.25) is 0 Å². The molecule has 0 saturated heterocycles. The van der Waals surface area contributed by atoms with Crippen molar-refractivity contribution in [2.45, 2.75) is 44.6 Å². The van der Waals surface area contributed by atoms with Gasteiger partial charge in [0.15, 0.2) is 0 Å². The van der Waals surface area contributed by atoms with Gasteiger partial charge in [0.1, 0.15) is 0 Å². The second-order valence-electron chi connectivity index (χ2n) is 4.57. The van der Waals surface area contributed by atoms with E-state index in [1.165, 1.54) is 5.56 Å². The molecule has 1 aromatic rings. The number of benzene rings is 1. The van der Waals surface area contributed by atoms with E-state index in [-0.39, 0.29) is 0 Å². The monoisotopic (exact) mass is 284 g/mol. The Hall–Kier alpha value is -0.910. The summed E-state index contributed by atoms with van der Waals surface area (Å²) in [6, 6.07) is 5.36. The first-order chi connectivity index (χ1) is 9.05. The Bertz CT molecular complexity index is 498. The molecule has 0 fully saturated rings. The molecule has 0 amide bonds. The summed E-state index contributed by atoms with van der Waals surface area (Å²) in [6.07, 6.45) is 2.73. The maximum atomic E-state index is 12.1. The number of nitrogens with one attached hydrogen (secondary N) is 2. The van der Waals surface area contributed by atoms with Crippen LogP contribution in [-0.4, -0.2) is 22.0 Å². The van der Waals surface area contributed by atoms with Gasteiger partial charge in [-0.25, -0.2) is 13.1 Å². The fourth-order valence-corrected chi connectivity index (χ4v) is 3.06. The van der Waals surface area contributed by atoms with Crippen LogP contribution in [0.1, 0.15) is 37.8 Å². The number of hydrogen-bond acceptors (Lipinski definition) is 3. The Labute approximate surface area is 116 Å². The summed E-state index contributed by atoms with van der Waals surface area (Å²) in [6.45, 7) is 5.29. The van der Waals surface area contributed by atoms with Gasteiger partial charge in [-0.1, -0.05) is 26.3 Å². The van der Waals surface area contributed by atoms with E-state index < -0.39 is 10.0 Å². The van der Waals surface area contributed by atoms with Crippen LogP contribution in [0.3, 0.4) is 0 Å². The lowest BCUT2D eigenvalue weighted by molar-refractivity contribution is 0.578. The normalized spacial score (nSPS) is 11.7. The van der Waals surface area contributed by atoms with E-state index in [0.717, 1.165) is 24.8 Å². The molecule has 0 bridgehead atoms. The largest absolute Gasteiger partial charge is 0.316 e. The number of rotatable bonds is 8. The topological polar surface area (TPSA) is 58.2 Å². The SMILES string of the molecule is CCCCNS(=O)(=O)c1ccc(CC)c(CNC)c1. The Balaban J connectivity index is 2.97. The molecule has 0 unspecified atom stereocenters. The summed E-state index contributed by atoms with van der Waals surface area (Å²) in [4.78, 5) is 0.353. The van der Waals surface area contributed by atoms with Gasteiger partial charge in [-0.2, -0.15) is 0 Å². The van der Waals surface area contributed by atoms with Gasteiger partial charge in [0, 0.05) is 13.1 Å². The van der Waals surface area contributed by atoms with Crippen molar-refractivity contribution in [2.24, 2.45) is 0 Å². The molecule has 0 aromatic heterocycles. The third-order valence-electron chi connectivity index (χ3n) is 3.06. The predicted octanol–water partition coefficient (Wildman–Crippen LogP) is 2.05. The van der Waals surface area contributed by atoms with Crippen molar-refractivity contribution in [3.05, 3.63) is 29.3 Å². The van der Waals surface area contributed by atoms with Crippen molar-refractivity contribution < 1.29 is 8.42 Å². The first-order valence-electron chi connectivity index (χ1n) is 6.81. The van der Waals surface area contributed by atoms with E-state index in [2.05, 4.69) is 17.0 Å². The van der Waals surface area contributed by atoms with E-state index in [1.807, 2.05) is 20.0 Å².